The fourth-order valence-electron chi connectivity index (χ4n) is 2.74. The van der Waals surface area contributed by atoms with E-state index < -0.39 is 0 Å². The number of anilines is 1. The fraction of sp³-hybridized carbons (Fsp3) is 0.316. The lowest BCUT2D eigenvalue weighted by molar-refractivity contribution is 0.719. The molecule has 0 amide bonds. The highest BCUT2D eigenvalue weighted by Gasteiger charge is 2.14. The second kappa shape index (κ2) is 8.07. The molecule has 0 aliphatic heterocycles. The Morgan fingerprint density at radius 1 is 1.28 bits per heavy atom. The molecule has 2 N–H and O–H groups in total. The molecule has 2 aromatic heterocycles. The summed E-state index contributed by atoms with van der Waals surface area (Å²) in [5.74, 6) is 0.474. The number of guanidine groups is 1. The van der Waals surface area contributed by atoms with E-state index in [0.29, 0.717) is 5.96 Å². The summed E-state index contributed by atoms with van der Waals surface area (Å²) in [7, 11) is 0. The number of rotatable bonds is 6. The summed E-state index contributed by atoms with van der Waals surface area (Å²) in [5, 5.41) is 3.85. The summed E-state index contributed by atoms with van der Waals surface area (Å²) in [5.41, 5.74) is 9.09. The number of thiazole rings is 1. The molecular formula is C19H23N5S. The van der Waals surface area contributed by atoms with Gasteiger partial charge in [0.25, 0.3) is 0 Å². The number of benzene rings is 1. The van der Waals surface area contributed by atoms with E-state index in [1.807, 2.05) is 47.5 Å². The number of nitrogens with zero attached hydrogens (tertiary/aromatic N) is 4. The van der Waals surface area contributed by atoms with Crippen LogP contribution >= 0.6 is 11.3 Å². The van der Waals surface area contributed by atoms with Crippen molar-refractivity contribution in [3.05, 3.63) is 47.6 Å². The van der Waals surface area contributed by atoms with E-state index in [4.69, 9.17) is 10.7 Å². The molecule has 0 fully saturated rings. The Balaban J connectivity index is 1.97. The Morgan fingerprint density at radius 2 is 2.12 bits per heavy atom. The van der Waals surface area contributed by atoms with E-state index >= 15 is 0 Å². The van der Waals surface area contributed by atoms with Crippen LogP contribution in [0.5, 0.6) is 0 Å². The molecule has 0 aliphatic carbocycles. The molecule has 0 aliphatic rings. The van der Waals surface area contributed by atoms with E-state index in [2.05, 4.69) is 16.9 Å². The molecule has 0 saturated carbocycles. The average Bonchev–Trinajstić information content (AvgIpc) is 3.12. The quantitative estimate of drug-likeness (QED) is 0.398. The molecule has 6 heteroatoms. The standard InChI is InChI=1S/C19H23N5S/c1-3-4-7-11-24(19-21-10-12-25-19)18(20)23-17-13-14(2)22-16-9-6-5-8-15(16)17/h5-6,8-10,12-13H,3-4,7,11H2,1-2H3,(H2,20,22,23). The van der Waals surface area contributed by atoms with E-state index in [-0.39, 0.29) is 0 Å². The molecule has 130 valence electrons. The van der Waals surface area contributed by atoms with Gasteiger partial charge in [0.05, 0.1) is 11.2 Å². The van der Waals surface area contributed by atoms with Gasteiger partial charge in [-0.1, -0.05) is 38.0 Å². The molecule has 0 unspecified atom stereocenters. The van der Waals surface area contributed by atoms with Gasteiger partial charge < -0.3 is 5.73 Å². The highest BCUT2D eigenvalue weighted by Crippen LogP contribution is 2.26. The van der Waals surface area contributed by atoms with Crippen molar-refractivity contribution in [1.82, 2.24) is 9.97 Å². The van der Waals surface area contributed by atoms with Crippen LogP contribution in [0.4, 0.5) is 10.8 Å². The molecule has 3 aromatic rings. The first kappa shape index (κ1) is 17.4. The van der Waals surface area contributed by atoms with Crippen LogP contribution in [-0.4, -0.2) is 22.5 Å². The highest BCUT2D eigenvalue weighted by atomic mass is 32.1. The lowest BCUT2D eigenvalue weighted by Crippen LogP contribution is -2.38. The predicted molar refractivity (Wildman–Crippen MR) is 107 cm³/mol. The number of pyridine rings is 1. The second-order valence-electron chi connectivity index (χ2n) is 5.94. The molecule has 0 radical (unpaired) electrons. The Bertz CT molecular complexity index is 857. The van der Waals surface area contributed by atoms with Gasteiger partial charge in [-0.05, 0) is 25.5 Å². The molecule has 3 rings (SSSR count). The van der Waals surface area contributed by atoms with Crippen LogP contribution in [0.25, 0.3) is 10.9 Å². The number of hydrogen-bond donors (Lipinski definition) is 1. The van der Waals surface area contributed by atoms with Gasteiger partial charge in [-0.25, -0.2) is 9.98 Å². The van der Waals surface area contributed by atoms with Gasteiger partial charge in [-0.15, -0.1) is 11.3 Å². The summed E-state index contributed by atoms with van der Waals surface area (Å²) in [6, 6.07) is 9.98. The average molecular weight is 353 g/mol. The third kappa shape index (κ3) is 4.14. The van der Waals surface area contributed by atoms with Crippen molar-refractivity contribution in [3.8, 4) is 0 Å². The monoisotopic (exact) mass is 353 g/mol. The molecule has 2 heterocycles. The molecule has 0 spiro atoms. The summed E-state index contributed by atoms with van der Waals surface area (Å²) >= 11 is 1.58. The Morgan fingerprint density at radius 3 is 2.88 bits per heavy atom. The van der Waals surface area contributed by atoms with Gasteiger partial charge in [-0.3, -0.25) is 9.88 Å². The topological polar surface area (TPSA) is 67.4 Å². The van der Waals surface area contributed by atoms with Crippen LogP contribution in [0, 0.1) is 6.92 Å². The summed E-state index contributed by atoms with van der Waals surface area (Å²) < 4.78 is 0. The lowest BCUT2D eigenvalue weighted by Gasteiger charge is -2.20. The normalized spacial score (nSPS) is 11.8. The van der Waals surface area contributed by atoms with Crippen molar-refractivity contribution in [1.29, 1.82) is 0 Å². The van der Waals surface area contributed by atoms with Gasteiger partial charge >= 0.3 is 0 Å². The molecular weight excluding hydrogens is 330 g/mol. The fourth-order valence-corrected chi connectivity index (χ4v) is 3.42. The summed E-state index contributed by atoms with van der Waals surface area (Å²) in [6.45, 7) is 4.98. The Hall–Kier alpha value is -2.47. The van der Waals surface area contributed by atoms with Gasteiger partial charge in [-0.2, -0.15) is 0 Å². The van der Waals surface area contributed by atoms with Crippen molar-refractivity contribution in [2.45, 2.75) is 33.1 Å². The van der Waals surface area contributed by atoms with Crippen LogP contribution in [-0.2, 0) is 0 Å². The maximum atomic E-state index is 6.39. The first-order valence-electron chi connectivity index (χ1n) is 8.56. The van der Waals surface area contributed by atoms with Gasteiger partial charge in [0.1, 0.15) is 0 Å². The van der Waals surface area contributed by atoms with E-state index in [0.717, 1.165) is 53.2 Å². The first-order chi connectivity index (χ1) is 12.2. The zero-order valence-corrected chi connectivity index (χ0v) is 15.5. The second-order valence-corrected chi connectivity index (χ2v) is 6.82. The van der Waals surface area contributed by atoms with Gasteiger partial charge in [0.2, 0.25) is 5.96 Å². The number of aromatic nitrogens is 2. The smallest absolute Gasteiger partial charge is 0.202 e. The number of hydrogen-bond acceptors (Lipinski definition) is 4. The van der Waals surface area contributed by atoms with E-state index in [1.165, 1.54) is 0 Å². The zero-order valence-electron chi connectivity index (χ0n) is 14.6. The van der Waals surface area contributed by atoms with Crippen molar-refractivity contribution in [3.63, 3.8) is 0 Å². The summed E-state index contributed by atoms with van der Waals surface area (Å²) in [6.07, 6.45) is 5.18. The predicted octanol–water partition coefficient (Wildman–Crippen LogP) is 4.64. The third-order valence-corrected chi connectivity index (χ3v) is 4.76. The minimum Gasteiger partial charge on any atom is -0.369 e. The number of aryl methyl sites for hydroxylation is 1. The SMILES string of the molecule is CCCCCN(C(N)=Nc1cc(C)nc2ccccc12)c1nccs1. The minimum absolute atomic E-state index is 0.474. The zero-order chi connectivity index (χ0) is 17.6. The molecule has 0 saturated heterocycles. The van der Waals surface area contributed by atoms with Crippen molar-refractivity contribution >= 4 is 39.0 Å². The van der Waals surface area contributed by atoms with Gasteiger partial charge in [0, 0.05) is 29.2 Å². The minimum atomic E-state index is 0.474. The molecule has 1 aromatic carbocycles. The molecule has 0 bridgehead atoms. The Labute approximate surface area is 152 Å². The number of unbranched alkanes of at least 4 members (excludes halogenated alkanes) is 2. The maximum Gasteiger partial charge on any atom is 0.202 e. The van der Waals surface area contributed by atoms with E-state index in [9.17, 15) is 0 Å². The number of nitrogens with two attached hydrogens (primary N) is 1. The van der Waals surface area contributed by atoms with Crippen molar-refractivity contribution < 1.29 is 0 Å². The van der Waals surface area contributed by atoms with Crippen LogP contribution in [0.1, 0.15) is 31.9 Å². The summed E-state index contributed by atoms with van der Waals surface area (Å²) in [4.78, 5) is 15.7. The number of fused-ring (bicyclic) bond motifs is 1. The third-order valence-electron chi connectivity index (χ3n) is 3.97. The van der Waals surface area contributed by atoms with Crippen LogP contribution in [0.15, 0.2) is 46.9 Å². The van der Waals surface area contributed by atoms with Crippen molar-refractivity contribution in [2.75, 3.05) is 11.4 Å². The number of para-hydroxylation sites is 1. The number of aliphatic imine (C=N–C) groups is 1. The van der Waals surface area contributed by atoms with Crippen molar-refractivity contribution in [2.24, 2.45) is 10.7 Å². The lowest BCUT2D eigenvalue weighted by atomic mass is 10.1. The molecule has 25 heavy (non-hydrogen) atoms. The van der Waals surface area contributed by atoms with Crippen LogP contribution < -0.4 is 10.6 Å². The van der Waals surface area contributed by atoms with Gasteiger partial charge in [0.15, 0.2) is 5.13 Å². The Kier molecular flexibility index (Phi) is 5.60. The largest absolute Gasteiger partial charge is 0.369 e. The van der Waals surface area contributed by atoms with E-state index in [1.54, 1.807) is 17.5 Å². The van der Waals surface area contributed by atoms with Crippen LogP contribution in [0.2, 0.25) is 0 Å². The van der Waals surface area contributed by atoms with Crippen LogP contribution in [0.3, 0.4) is 0 Å². The molecule has 0 atom stereocenters. The highest BCUT2D eigenvalue weighted by molar-refractivity contribution is 7.13. The molecule has 5 nitrogen and oxygen atoms in total. The maximum absolute atomic E-state index is 6.39. The first-order valence-corrected chi connectivity index (χ1v) is 9.44.